The van der Waals surface area contributed by atoms with Gasteiger partial charge < -0.3 is 30.1 Å². The minimum absolute atomic E-state index is 0.185. The lowest BCUT2D eigenvalue weighted by molar-refractivity contribution is -0.0181. The van der Waals surface area contributed by atoms with Crippen LogP contribution >= 0.6 is 19.4 Å². The molecule has 8 nitrogen and oxygen atoms in total. The highest BCUT2D eigenvalue weighted by Gasteiger charge is 2.43. The van der Waals surface area contributed by atoms with Gasteiger partial charge in [0.15, 0.2) is 0 Å². The molecule has 0 aromatic heterocycles. The molecule has 124 valence electrons. The number of benzene rings is 1. The summed E-state index contributed by atoms with van der Waals surface area (Å²) >= 11 is 5.85. The van der Waals surface area contributed by atoms with E-state index in [1.54, 1.807) is 24.3 Å². The zero-order valence-electron chi connectivity index (χ0n) is 11.4. The smallest absolute Gasteiger partial charge is 0.388 e. The summed E-state index contributed by atoms with van der Waals surface area (Å²) in [5.41, 5.74) is 0.715. The Kier molecular flexibility index (Phi) is 5.81. The van der Waals surface area contributed by atoms with Gasteiger partial charge in [-0.15, -0.1) is 0 Å². The second-order valence-electron chi connectivity index (χ2n) is 4.87. The third-order valence-electron chi connectivity index (χ3n) is 3.20. The van der Waals surface area contributed by atoms with Gasteiger partial charge in [-0.25, -0.2) is 4.57 Å². The quantitative estimate of drug-likeness (QED) is 0.463. The standard InChI is InChI=1S/C12H17ClNO7P/c13-7-2-1-3-8(4-7)14-5-9-11(15)12(16)10(21-9)6-20-22(17,18)19/h1-4,9-12,14-16H,5-6H2,(H2,17,18,19)/t9-,10-,11+,12-/m1/s1. The van der Waals surface area contributed by atoms with E-state index >= 15 is 0 Å². The van der Waals surface area contributed by atoms with Crippen LogP contribution in [-0.4, -0.2) is 57.6 Å². The molecule has 1 aromatic rings. The van der Waals surface area contributed by atoms with Gasteiger partial charge >= 0.3 is 7.82 Å². The van der Waals surface area contributed by atoms with Crippen molar-refractivity contribution >= 4 is 25.1 Å². The van der Waals surface area contributed by atoms with Crippen molar-refractivity contribution in [2.45, 2.75) is 24.4 Å². The van der Waals surface area contributed by atoms with Crippen LogP contribution in [0, 0.1) is 0 Å². The Balaban J connectivity index is 1.88. The molecule has 1 saturated heterocycles. The number of phosphoric ester groups is 1. The molecular weight excluding hydrogens is 337 g/mol. The van der Waals surface area contributed by atoms with Crippen LogP contribution in [0.2, 0.25) is 5.02 Å². The van der Waals surface area contributed by atoms with Crippen molar-refractivity contribution < 1.29 is 33.8 Å². The maximum Gasteiger partial charge on any atom is 0.469 e. The van der Waals surface area contributed by atoms with E-state index in [0.29, 0.717) is 10.7 Å². The molecule has 0 unspecified atom stereocenters. The van der Waals surface area contributed by atoms with Crippen LogP contribution in [0.25, 0.3) is 0 Å². The normalized spacial score (nSPS) is 28.8. The molecule has 0 spiro atoms. The molecule has 22 heavy (non-hydrogen) atoms. The number of ether oxygens (including phenoxy) is 1. The fourth-order valence-corrected chi connectivity index (χ4v) is 2.65. The lowest BCUT2D eigenvalue weighted by Crippen LogP contribution is -2.36. The average Bonchev–Trinajstić information content (AvgIpc) is 2.70. The van der Waals surface area contributed by atoms with E-state index in [9.17, 15) is 14.8 Å². The summed E-state index contributed by atoms with van der Waals surface area (Å²) in [7, 11) is -4.66. The number of aliphatic hydroxyl groups is 2. The Morgan fingerprint density at radius 1 is 1.27 bits per heavy atom. The number of hydrogen-bond donors (Lipinski definition) is 5. The van der Waals surface area contributed by atoms with Crippen molar-refractivity contribution in [2.24, 2.45) is 0 Å². The molecule has 0 saturated carbocycles. The summed E-state index contributed by atoms with van der Waals surface area (Å²) in [6.45, 7) is -0.332. The summed E-state index contributed by atoms with van der Waals surface area (Å²) in [6, 6.07) is 6.93. The van der Waals surface area contributed by atoms with E-state index in [2.05, 4.69) is 9.84 Å². The number of hydrogen-bond acceptors (Lipinski definition) is 6. The fraction of sp³-hybridized carbons (Fsp3) is 0.500. The van der Waals surface area contributed by atoms with Crippen molar-refractivity contribution in [3.63, 3.8) is 0 Å². The van der Waals surface area contributed by atoms with Crippen LogP contribution < -0.4 is 5.32 Å². The summed E-state index contributed by atoms with van der Waals surface area (Å²) in [5.74, 6) is 0. The maximum absolute atomic E-state index is 10.6. The molecule has 5 N–H and O–H groups in total. The predicted octanol–water partition coefficient (Wildman–Crippen LogP) is 0.350. The molecule has 0 amide bonds. The van der Waals surface area contributed by atoms with Gasteiger partial charge in [-0.3, -0.25) is 4.52 Å². The van der Waals surface area contributed by atoms with E-state index < -0.39 is 38.8 Å². The number of anilines is 1. The number of halogens is 1. The SMILES string of the molecule is O=P(O)(O)OC[C@H]1O[C@H](CNc2cccc(Cl)c2)[C@H](O)[C@@H]1O. The zero-order valence-corrected chi connectivity index (χ0v) is 13.0. The van der Waals surface area contributed by atoms with Gasteiger partial charge in [-0.1, -0.05) is 17.7 Å². The number of phosphoric acid groups is 1. The first-order valence-corrected chi connectivity index (χ1v) is 8.38. The first-order valence-electron chi connectivity index (χ1n) is 6.47. The predicted molar refractivity (Wildman–Crippen MR) is 78.6 cm³/mol. The van der Waals surface area contributed by atoms with E-state index in [0.717, 1.165) is 0 Å². The molecule has 0 aliphatic carbocycles. The van der Waals surface area contributed by atoms with Crippen molar-refractivity contribution in [1.29, 1.82) is 0 Å². The lowest BCUT2D eigenvalue weighted by Gasteiger charge is -2.16. The molecule has 1 aromatic carbocycles. The molecule has 0 bridgehead atoms. The Morgan fingerprint density at radius 2 is 1.95 bits per heavy atom. The van der Waals surface area contributed by atoms with Crippen LogP contribution in [0.5, 0.6) is 0 Å². The zero-order chi connectivity index (χ0) is 16.3. The van der Waals surface area contributed by atoms with Gasteiger partial charge in [0.05, 0.1) is 6.61 Å². The molecule has 10 heteroatoms. The van der Waals surface area contributed by atoms with Gasteiger partial charge in [0.2, 0.25) is 0 Å². The topological polar surface area (TPSA) is 128 Å². The summed E-state index contributed by atoms with van der Waals surface area (Å²) in [5, 5.41) is 23.3. The van der Waals surface area contributed by atoms with Crippen LogP contribution in [0.15, 0.2) is 24.3 Å². The minimum atomic E-state index is -4.66. The monoisotopic (exact) mass is 353 g/mol. The first-order chi connectivity index (χ1) is 10.3. The van der Waals surface area contributed by atoms with Crippen molar-refractivity contribution in [3.8, 4) is 0 Å². The van der Waals surface area contributed by atoms with E-state index in [1.807, 2.05) is 0 Å². The Hall–Kier alpha value is -0.700. The highest BCUT2D eigenvalue weighted by Crippen LogP contribution is 2.37. The van der Waals surface area contributed by atoms with Gasteiger partial charge in [0, 0.05) is 17.3 Å². The lowest BCUT2D eigenvalue weighted by atomic mass is 10.1. The van der Waals surface area contributed by atoms with Crippen molar-refractivity contribution in [3.05, 3.63) is 29.3 Å². The molecule has 1 heterocycles. The average molecular weight is 354 g/mol. The van der Waals surface area contributed by atoms with Gasteiger partial charge in [0.25, 0.3) is 0 Å². The summed E-state index contributed by atoms with van der Waals surface area (Å²) in [4.78, 5) is 17.3. The van der Waals surface area contributed by atoms with Crippen LogP contribution in [-0.2, 0) is 13.8 Å². The Labute approximate surface area is 131 Å². The van der Waals surface area contributed by atoms with Gasteiger partial charge in [-0.05, 0) is 18.2 Å². The van der Waals surface area contributed by atoms with E-state index in [-0.39, 0.29) is 6.54 Å². The second kappa shape index (κ2) is 7.25. The van der Waals surface area contributed by atoms with E-state index in [4.69, 9.17) is 26.1 Å². The largest absolute Gasteiger partial charge is 0.469 e. The van der Waals surface area contributed by atoms with Crippen LogP contribution in [0.3, 0.4) is 0 Å². The molecule has 0 radical (unpaired) electrons. The number of nitrogens with one attached hydrogen (secondary N) is 1. The maximum atomic E-state index is 10.6. The molecule has 1 aliphatic rings. The molecule has 1 aliphatic heterocycles. The minimum Gasteiger partial charge on any atom is -0.388 e. The highest BCUT2D eigenvalue weighted by atomic mass is 35.5. The number of rotatable bonds is 6. The molecule has 1 fully saturated rings. The molecule has 2 rings (SSSR count). The summed E-state index contributed by atoms with van der Waals surface area (Å²) < 4.78 is 20.3. The second-order valence-corrected chi connectivity index (χ2v) is 6.55. The third kappa shape index (κ3) is 4.91. The molecule has 4 atom stereocenters. The highest BCUT2D eigenvalue weighted by molar-refractivity contribution is 7.46. The summed E-state index contributed by atoms with van der Waals surface area (Å²) in [6.07, 6.45) is -4.26. The van der Waals surface area contributed by atoms with Gasteiger partial charge in [-0.2, -0.15) is 0 Å². The third-order valence-corrected chi connectivity index (χ3v) is 3.92. The number of aliphatic hydroxyl groups excluding tert-OH is 2. The van der Waals surface area contributed by atoms with Crippen molar-refractivity contribution in [1.82, 2.24) is 0 Å². The van der Waals surface area contributed by atoms with Crippen LogP contribution in [0.4, 0.5) is 5.69 Å². The molecular formula is C12H17ClNO7P. The Morgan fingerprint density at radius 3 is 2.59 bits per heavy atom. The van der Waals surface area contributed by atoms with Gasteiger partial charge in [0.1, 0.15) is 24.4 Å². The van der Waals surface area contributed by atoms with Crippen molar-refractivity contribution in [2.75, 3.05) is 18.5 Å². The fourth-order valence-electron chi connectivity index (χ4n) is 2.12. The van der Waals surface area contributed by atoms with E-state index in [1.165, 1.54) is 0 Å². The van der Waals surface area contributed by atoms with Crippen LogP contribution in [0.1, 0.15) is 0 Å². The Bertz CT molecular complexity index is 554. The first kappa shape index (κ1) is 17.7.